The molecule has 0 spiro atoms. The van der Waals surface area contributed by atoms with Gasteiger partial charge in [0.25, 0.3) is 0 Å². The Hall–Kier alpha value is -1.44. The number of halogens is 2. The zero-order valence-corrected chi connectivity index (χ0v) is 14.4. The highest BCUT2D eigenvalue weighted by atomic mass is 79.9. The summed E-state index contributed by atoms with van der Waals surface area (Å²) in [7, 11) is -2.58. The van der Waals surface area contributed by atoms with Gasteiger partial charge in [-0.1, -0.05) is 28.1 Å². The van der Waals surface area contributed by atoms with Gasteiger partial charge in [0.15, 0.2) is 0 Å². The predicted molar refractivity (Wildman–Crippen MR) is 85.8 cm³/mol. The van der Waals surface area contributed by atoms with Crippen molar-refractivity contribution in [3.63, 3.8) is 0 Å². The lowest BCUT2D eigenvalue weighted by atomic mass is 10.1. The third-order valence-electron chi connectivity index (χ3n) is 3.10. The summed E-state index contributed by atoms with van der Waals surface area (Å²) in [5.74, 6) is -0.549. The molecular weight excluding hydrogens is 373 g/mol. The molecule has 2 rings (SSSR count). The minimum Gasteiger partial charge on any atom is -0.495 e. The van der Waals surface area contributed by atoms with Gasteiger partial charge in [-0.2, -0.15) is 0 Å². The molecule has 1 N–H and O–H groups in total. The van der Waals surface area contributed by atoms with E-state index in [-0.39, 0.29) is 10.6 Å². The molecule has 22 heavy (non-hydrogen) atoms. The average Bonchev–Trinajstić information content (AvgIpc) is 2.46. The van der Waals surface area contributed by atoms with Crippen LogP contribution in [0.3, 0.4) is 0 Å². The highest BCUT2D eigenvalue weighted by Gasteiger charge is 2.23. The van der Waals surface area contributed by atoms with E-state index in [1.54, 1.807) is 13.0 Å². The van der Waals surface area contributed by atoms with Crippen molar-refractivity contribution in [3.8, 4) is 5.75 Å². The van der Waals surface area contributed by atoms with Crippen LogP contribution in [0.25, 0.3) is 0 Å². The fourth-order valence-corrected chi connectivity index (χ4v) is 3.83. The van der Waals surface area contributed by atoms with Gasteiger partial charge < -0.3 is 4.74 Å². The van der Waals surface area contributed by atoms with Crippen molar-refractivity contribution in [1.82, 2.24) is 4.72 Å². The predicted octanol–water partition coefficient (Wildman–Crippen LogP) is 3.64. The lowest BCUT2D eigenvalue weighted by molar-refractivity contribution is 0.400. The number of ether oxygens (including phenoxy) is 1. The minimum absolute atomic E-state index is 0.0929. The van der Waals surface area contributed by atoms with E-state index in [1.165, 1.54) is 13.2 Å². The van der Waals surface area contributed by atoms with Gasteiger partial charge in [0, 0.05) is 10.5 Å². The van der Waals surface area contributed by atoms with Crippen LogP contribution in [0, 0.1) is 5.82 Å². The third-order valence-corrected chi connectivity index (χ3v) is 5.15. The molecule has 0 aromatic heterocycles. The van der Waals surface area contributed by atoms with Crippen LogP contribution in [0.5, 0.6) is 5.75 Å². The Morgan fingerprint density at radius 2 is 1.95 bits per heavy atom. The van der Waals surface area contributed by atoms with Crippen molar-refractivity contribution in [2.75, 3.05) is 7.11 Å². The van der Waals surface area contributed by atoms with E-state index in [0.29, 0.717) is 0 Å². The second-order valence-electron chi connectivity index (χ2n) is 4.69. The molecule has 0 unspecified atom stereocenters. The van der Waals surface area contributed by atoms with E-state index in [4.69, 9.17) is 4.74 Å². The molecule has 7 heteroatoms. The first kappa shape index (κ1) is 16.9. The largest absolute Gasteiger partial charge is 0.495 e. The lowest BCUT2D eigenvalue weighted by Crippen LogP contribution is -2.27. The van der Waals surface area contributed by atoms with Crippen LogP contribution in [0.15, 0.2) is 51.8 Å². The van der Waals surface area contributed by atoms with Crippen molar-refractivity contribution in [2.24, 2.45) is 0 Å². The van der Waals surface area contributed by atoms with E-state index in [2.05, 4.69) is 20.7 Å². The number of methoxy groups -OCH3 is 1. The van der Waals surface area contributed by atoms with E-state index in [1.807, 2.05) is 18.2 Å². The summed E-state index contributed by atoms with van der Waals surface area (Å²) in [6.07, 6.45) is 0. The van der Waals surface area contributed by atoms with Crippen molar-refractivity contribution in [2.45, 2.75) is 17.9 Å². The summed E-state index contributed by atoms with van der Waals surface area (Å²) in [4.78, 5) is -0.225. The van der Waals surface area contributed by atoms with Crippen LogP contribution in [0.4, 0.5) is 4.39 Å². The molecule has 4 nitrogen and oxygen atoms in total. The Bertz CT molecular complexity index is 780. The molecule has 0 radical (unpaired) electrons. The van der Waals surface area contributed by atoms with E-state index in [9.17, 15) is 12.8 Å². The van der Waals surface area contributed by atoms with Gasteiger partial charge in [0.1, 0.15) is 16.5 Å². The maximum absolute atomic E-state index is 13.4. The smallest absolute Gasteiger partial charge is 0.244 e. The third kappa shape index (κ3) is 3.85. The summed E-state index contributed by atoms with van der Waals surface area (Å²) in [6, 6.07) is 10.2. The van der Waals surface area contributed by atoms with Crippen molar-refractivity contribution < 1.29 is 17.5 Å². The van der Waals surface area contributed by atoms with Crippen LogP contribution in [0.1, 0.15) is 18.5 Å². The topological polar surface area (TPSA) is 55.4 Å². The van der Waals surface area contributed by atoms with Gasteiger partial charge in [0.2, 0.25) is 10.0 Å². The number of hydrogen-bond acceptors (Lipinski definition) is 3. The van der Waals surface area contributed by atoms with Crippen molar-refractivity contribution >= 4 is 26.0 Å². The average molecular weight is 388 g/mol. The number of sulfonamides is 1. The molecule has 0 aliphatic heterocycles. The Balaban J connectivity index is 2.33. The van der Waals surface area contributed by atoms with E-state index >= 15 is 0 Å². The number of hydrogen-bond donors (Lipinski definition) is 1. The fourth-order valence-electron chi connectivity index (χ4n) is 2.00. The summed E-state index contributed by atoms with van der Waals surface area (Å²) >= 11 is 3.34. The molecule has 0 heterocycles. The Labute approximate surface area is 137 Å². The van der Waals surface area contributed by atoms with Gasteiger partial charge in [-0.15, -0.1) is 0 Å². The zero-order valence-electron chi connectivity index (χ0n) is 12.0. The van der Waals surface area contributed by atoms with Gasteiger partial charge >= 0.3 is 0 Å². The number of rotatable bonds is 5. The first-order valence-electron chi connectivity index (χ1n) is 6.45. The number of nitrogens with one attached hydrogen (secondary N) is 1. The lowest BCUT2D eigenvalue weighted by Gasteiger charge is -2.16. The van der Waals surface area contributed by atoms with Crippen molar-refractivity contribution in [1.29, 1.82) is 0 Å². The summed E-state index contributed by atoms with van der Waals surface area (Å²) in [5, 5.41) is 0. The number of benzene rings is 2. The van der Waals surface area contributed by atoms with Gasteiger partial charge in [0.05, 0.1) is 7.11 Å². The van der Waals surface area contributed by atoms with Gasteiger partial charge in [-0.3, -0.25) is 0 Å². The maximum Gasteiger partial charge on any atom is 0.244 e. The van der Waals surface area contributed by atoms with Crippen LogP contribution in [-0.2, 0) is 10.0 Å². The standard InChI is InChI=1S/C15H15BrFNO3S/c1-10(11-4-3-5-12(16)8-11)18-22(19,20)15-9-13(17)6-7-14(15)21-2/h3-10,18H,1-2H3/t10-/m0/s1. The SMILES string of the molecule is COc1ccc(F)cc1S(=O)(=O)N[C@@H](C)c1cccc(Br)c1. The molecular formula is C15H15BrFNO3S. The molecule has 0 fully saturated rings. The molecule has 0 amide bonds. The molecule has 0 aliphatic carbocycles. The normalized spacial score (nSPS) is 12.9. The van der Waals surface area contributed by atoms with Crippen LogP contribution < -0.4 is 9.46 Å². The Morgan fingerprint density at radius 3 is 2.59 bits per heavy atom. The summed E-state index contributed by atoms with van der Waals surface area (Å²) in [5.41, 5.74) is 0.785. The molecule has 0 saturated carbocycles. The molecule has 0 bridgehead atoms. The van der Waals surface area contributed by atoms with E-state index < -0.39 is 21.9 Å². The second kappa shape index (κ2) is 6.76. The van der Waals surface area contributed by atoms with Crippen LogP contribution in [0.2, 0.25) is 0 Å². The first-order chi connectivity index (χ1) is 10.3. The van der Waals surface area contributed by atoms with Gasteiger partial charge in [-0.05, 0) is 42.8 Å². The molecule has 1 atom stereocenters. The van der Waals surface area contributed by atoms with Crippen LogP contribution in [-0.4, -0.2) is 15.5 Å². The fraction of sp³-hybridized carbons (Fsp3) is 0.200. The molecule has 0 aliphatic rings. The van der Waals surface area contributed by atoms with Gasteiger partial charge in [-0.25, -0.2) is 17.5 Å². The summed E-state index contributed by atoms with van der Waals surface area (Å²) in [6.45, 7) is 1.71. The zero-order chi connectivity index (χ0) is 16.3. The Kier molecular flexibility index (Phi) is 5.20. The monoisotopic (exact) mass is 387 g/mol. The molecule has 0 saturated heterocycles. The van der Waals surface area contributed by atoms with Crippen molar-refractivity contribution in [3.05, 3.63) is 58.3 Å². The maximum atomic E-state index is 13.4. The quantitative estimate of drug-likeness (QED) is 0.851. The Morgan fingerprint density at radius 1 is 1.23 bits per heavy atom. The highest BCUT2D eigenvalue weighted by Crippen LogP contribution is 2.26. The second-order valence-corrected chi connectivity index (χ2v) is 7.29. The van der Waals surface area contributed by atoms with Crippen LogP contribution >= 0.6 is 15.9 Å². The first-order valence-corrected chi connectivity index (χ1v) is 8.72. The summed E-state index contributed by atoms with van der Waals surface area (Å²) < 4.78 is 46.7. The molecule has 2 aromatic carbocycles. The highest BCUT2D eigenvalue weighted by molar-refractivity contribution is 9.10. The molecule has 2 aromatic rings. The molecule has 118 valence electrons. The minimum atomic E-state index is -3.92. The van der Waals surface area contributed by atoms with E-state index in [0.717, 1.165) is 22.2 Å².